The summed E-state index contributed by atoms with van der Waals surface area (Å²) in [6.45, 7) is 2.42. The van der Waals surface area contributed by atoms with E-state index in [9.17, 15) is 9.59 Å². The smallest absolute Gasteiger partial charge is 0.245 e. The van der Waals surface area contributed by atoms with Crippen LogP contribution in [0.4, 0.5) is 10.5 Å². The zero-order chi connectivity index (χ0) is 19.0. The number of halogens is 1. The Hall–Kier alpha value is -2.98. The van der Waals surface area contributed by atoms with Crippen molar-refractivity contribution in [2.24, 2.45) is 5.92 Å². The third-order valence-corrected chi connectivity index (χ3v) is 5.11. The van der Waals surface area contributed by atoms with Gasteiger partial charge in [-0.05, 0) is 36.3 Å². The molecule has 1 heterocycles. The normalized spacial score (nSPS) is 18.9. The lowest BCUT2D eigenvalue weighted by Crippen LogP contribution is -2.54. The molecule has 4 nitrogen and oxygen atoms in total. The van der Waals surface area contributed by atoms with Gasteiger partial charge in [-0.25, -0.2) is 4.79 Å². The largest absolute Gasteiger partial charge is 0.506 e. The van der Waals surface area contributed by atoms with E-state index in [4.69, 9.17) is 11.6 Å². The fourth-order valence-electron chi connectivity index (χ4n) is 3.43. The van der Waals surface area contributed by atoms with E-state index < -0.39 is 5.92 Å². The summed E-state index contributed by atoms with van der Waals surface area (Å²) in [6.07, 6.45) is 7.36. The molecule has 3 amide bonds. The minimum atomic E-state index is -0.490. The van der Waals surface area contributed by atoms with Crippen LogP contribution in [0.15, 0.2) is 72.8 Å². The van der Waals surface area contributed by atoms with Crippen LogP contribution in [0.5, 0.6) is 0 Å². The van der Waals surface area contributed by atoms with Gasteiger partial charge in [0.2, 0.25) is 0 Å². The molecule has 0 fully saturated rings. The monoisotopic (exact) mass is 377 g/mol. The van der Waals surface area contributed by atoms with E-state index in [1.807, 2.05) is 55.5 Å². The SMILES string of the molecule is Cc1ccccc1C[N+]1=C2C=CC=CC2C(=O)N(c2cccc(Cl)c2)C1=O. The van der Waals surface area contributed by atoms with Crippen LogP contribution >= 0.6 is 11.6 Å². The number of amides is 3. The molecule has 4 rings (SSSR count). The standard InChI is InChI=1S/C22H18ClN2O2/c1-15-7-2-3-8-16(15)14-24-20-12-5-4-11-19(20)21(26)25(22(24)27)18-10-6-9-17(23)13-18/h2-13,19H,14H2,1H3/q+1. The number of fused-ring (bicyclic) bond motifs is 1. The second kappa shape index (κ2) is 6.97. The van der Waals surface area contributed by atoms with E-state index in [1.54, 1.807) is 28.8 Å². The number of nitrogens with zero attached hydrogens (tertiary/aromatic N) is 2. The third kappa shape index (κ3) is 3.13. The maximum Gasteiger partial charge on any atom is 0.506 e. The summed E-state index contributed by atoms with van der Waals surface area (Å²) in [5.41, 5.74) is 3.33. The molecule has 134 valence electrons. The van der Waals surface area contributed by atoms with Gasteiger partial charge in [0.25, 0.3) is 0 Å². The summed E-state index contributed by atoms with van der Waals surface area (Å²) < 4.78 is 1.68. The van der Waals surface area contributed by atoms with Crippen LogP contribution in [0.25, 0.3) is 0 Å². The topological polar surface area (TPSA) is 40.4 Å². The molecule has 0 aromatic heterocycles. The van der Waals surface area contributed by atoms with Gasteiger partial charge in [0.05, 0.1) is 0 Å². The third-order valence-electron chi connectivity index (χ3n) is 4.88. The van der Waals surface area contributed by atoms with Crippen molar-refractivity contribution < 1.29 is 14.2 Å². The van der Waals surface area contributed by atoms with Crippen molar-refractivity contribution >= 4 is 34.9 Å². The van der Waals surface area contributed by atoms with Crippen LogP contribution in [-0.4, -0.2) is 22.2 Å². The van der Waals surface area contributed by atoms with Gasteiger partial charge < -0.3 is 0 Å². The predicted octanol–water partition coefficient (Wildman–Crippen LogP) is 4.51. The Kier molecular flexibility index (Phi) is 4.50. The Morgan fingerprint density at radius 3 is 2.67 bits per heavy atom. The number of allylic oxidation sites excluding steroid dienone is 3. The second-order valence-corrected chi connectivity index (χ2v) is 7.03. The number of urea groups is 1. The maximum absolute atomic E-state index is 13.3. The molecule has 0 saturated heterocycles. The van der Waals surface area contributed by atoms with Crippen molar-refractivity contribution in [3.63, 3.8) is 0 Å². The fourth-order valence-corrected chi connectivity index (χ4v) is 3.62. The van der Waals surface area contributed by atoms with Crippen LogP contribution in [0, 0.1) is 12.8 Å². The number of benzene rings is 2. The van der Waals surface area contributed by atoms with E-state index in [0.29, 0.717) is 23.0 Å². The van der Waals surface area contributed by atoms with Crippen molar-refractivity contribution in [2.75, 3.05) is 4.90 Å². The summed E-state index contributed by atoms with van der Waals surface area (Å²) in [6, 6.07) is 14.4. The van der Waals surface area contributed by atoms with E-state index in [2.05, 4.69) is 0 Å². The minimum absolute atomic E-state index is 0.265. The highest BCUT2D eigenvalue weighted by Crippen LogP contribution is 2.28. The average molecular weight is 378 g/mol. The lowest BCUT2D eigenvalue weighted by Gasteiger charge is -2.27. The van der Waals surface area contributed by atoms with Crippen molar-refractivity contribution in [1.82, 2.24) is 0 Å². The van der Waals surface area contributed by atoms with Gasteiger partial charge in [-0.15, -0.1) is 4.90 Å². The molecular formula is C22H18ClN2O2+. The molecule has 1 unspecified atom stereocenters. The van der Waals surface area contributed by atoms with Gasteiger partial charge in [-0.1, -0.05) is 60.2 Å². The van der Waals surface area contributed by atoms with E-state index >= 15 is 0 Å². The highest BCUT2D eigenvalue weighted by molar-refractivity contribution is 6.31. The van der Waals surface area contributed by atoms with Crippen LogP contribution in [-0.2, 0) is 11.3 Å². The summed E-state index contributed by atoms with van der Waals surface area (Å²) in [4.78, 5) is 27.6. The Labute approximate surface area is 162 Å². The first-order valence-electron chi connectivity index (χ1n) is 8.73. The van der Waals surface area contributed by atoms with Gasteiger partial charge in [-0.2, -0.15) is 9.37 Å². The number of hydrogen-bond acceptors (Lipinski definition) is 2. The molecule has 1 aliphatic carbocycles. The zero-order valence-corrected chi connectivity index (χ0v) is 15.6. The molecular weight excluding hydrogens is 360 g/mol. The van der Waals surface area contributed by atoms with Gasteiger partial charge in [0.1, 0.15) is 23.9 Å². The van der Waals surface area contributed by atoms with Crippen molar-refractivity contribution in [3.05, 3.63) is 89.0 Å². The van der Waals surface area contributed by atoms with Crippen molar-refractivity contribution in [3.8, 4) is 0 Å². The molecule has 1 atom stereocenters. The predicted molar refractivity (Wildman–Crippen MR) is 106 cm³/mol. The Morgan fingerprint density at radius 2 is 1.89 bits per heavy atom. The quantitative estimate of drug-likeness (QED) is 0.738. The Bertz CT molecular complexity index is 1040. The minimum Gasteiger partial charge on any atom is -0.245 e. The van der Waals surface area contributed by atoms with E-state index in [-0.39, 0.29) is 11.9 Å². The number of carbonyl (C=O) groups excluding carboxylic acids is 2. The fraction of sp³-hybridized carbons (Fsp3) is 0.136. The lowest BCUT2D eigenvalue weighted by atomic mass is 9.94. The molecule has 0 spiro atoms. The highest BCUT2D eigenvalue weighted by Gasteiger charge is 2.47. The molecule has 0 saturated carbocycles. The average Bonchev–Trinajstić information content (AvgIpc) is 2.67. The molecule has 0 N–H and O–H groups in total. The number of hydrogen-bond donors (Lipinski definition) is 0. The Morgan fingerprint density at radius 1 is 1.07 bits per heavy atom. The second-order valence-electron chi connectivity index (χ2n) is 6.60. The van der Waals surface area contributed by atoms with Crippen LogP contribution in [0.2, 0.25) is 5.02 Å². The molecule has 2 aromatic carbocycles. The first-order chi connectivity index (χ1) is 13.1. The zero-order valence-electron chi connectivity index (χ0n) is 14.8. The molecule has 0 radical (unpaired) electrons. The highest BCUT2D eigenvalue weighted by atomic mass is 35.5. The molecule has 0 bridgehead atoms. The number of rotatable bonds is 3. The summed E-state index contributed by atoms with van der Waals surface area (Å²) >= 11 is 6.09. The van der Waals surface area contributed by atoms with Gasteiger partial charge in [0, 0.05) is 11.1 Å². The summed E-state index contributed by atoms with van der Waals surface area (Å²) in [5, 5.41) is 0.479. The molecule has 5 heteroatoms. The van der Waals surface area contributed by atoms with Crippen LogP contribution in [0.1, 0.15) is 11.1 Å². The van der Waals surface area contributed by atoms with Crippen LogP contribution < -0.4 is 4.90 Å². The van der Waals surface area contributed by atoms with Crippen molar-refractivity contribution in [1.29, 1.82) is 0 Å². The first kappa shape index (κ1) is 17.4. The maximum atomic E-state index is 13.3. The number of aryl methyl sites for hydroxylation is 1. The summed E-state index contributed by atoms with van der Waals surface area (Å²) in [7, 11) is 0. The first-order valence-corrected chi connectivity index (χ1v) is 9.11. The molecule has 1 aliphatic heterocycles. The lowest BCUT2D eigenvalue weighted by molar-refractivity contribution is -0.445. The van der Waals surface area contributed by atoms with Gasteiger partial charge in [-0.3, -0.25) is 0 Å². The Balaban J connectivity index is 1.83. The molecule has 2 aliphatic rings. The number of imide groups is 1. The van der Waals surface area contributed by atoms with E-state index in [0.717, 1.165) is 11.1 Å². The molecule has 27 heavy (non-hydrogen) atoms. The number of anilines is 1. The molecule has 2 aromatic rings. The van der Waals surface area contributed by atoms with Crippen molar-refractivity contribution in [2.45, 2.75) is 13.5 Å². The van der Waals surface area contributed by atoms with Gasteiger partial charge >= 0.3 is 11.9 Å². The summed E-state index contributed by atoms with van der Waals surface area (Å²) in [5.74, 6) is -0.755. The number of carbonyl (C=O) groups is 2. The van der Waals surface area contributed by atoms with Gasteiger partial charge in [0.15, 0.2) is 0 Å². The van der Waals surface area contributed by atoms with E-state index in [1.165, 1.54) is 4.90 Å². The van der Waals surface area contributed by atoms with Crippen LogP contribution in [0.3, 0.4) is 0 Å².